The highest BCUT2D eigenvalue weighted by Gasteiger charge is 2.15. The summed E-state index contributed by atoms with van der Waals surface area (Å²) in [5.74, 6) is 0.536. The first-order valence-electron chi connectivity index (χ1n) is 5.10. The van der Waals surface area contributed by atoms with Gasteiger partial charge < -0.3 is 14.0 Å². The van der Waals surface area contributed by atoms with Gasteiger partial charge in [0.15, 0.2) is 12.0 Å². The normalized spacial score (nSPS) is 14.1. The van der Waals surface area contributed by atoms with Crippen molar-refractivity contribution >= 4 is 7.60 Å². The van der Waals surface area contributed by atoms with Crippen LogP contribution in [0.15, 0.2) is 36.9 Å². The van der Waals surface area contributed by atoms with Crippen LogP contribution in [0.2, 0.25) is 0 Å². The standard InChI is InChI=1S/C10H11N4O3P/c1-17-18(15,16)8-14-6-3-9(7-13-14)10-11-4-2-5-12-10/h2-7H,8H2,1H3. The lowest BCUT2D eigenvalue weighted by molar-refractivity contribution is -0.740. The predicted molar refractivity (Wildman–Crippen MR) is 60.1 cm³/mol. The summed E-state index contributed by atoms with van der Waals surface area (Å²) in [6.45, 7) is 0. The van der Waals surface area contributed by atoms with Gasteiger partial charge in [0.05, 0.1) is 0 Å². The molecule has 0 N–H and O–H groups in total. The molecule has 0 fully saturated rings. The van der Waals surface area contributed by atoms with E-state index < -0.39 is 7.60 Å². The molecule has 2 heterocycles. The van der Waals surface area contributed by atoms with Crippen molar-refractivity contribution in [2.24, 2.45) is 0 Å². The smallest absolute Gasteiger partial charge is 0.236 e. The Balaban J connectivity index is 2.19. The molecule has 0 radical (unpaired) electrons. The predicted octanol–water partition coefficient (Wildman–Crippen LogP) is -0.0166. The molecule has 0 aliphatic carbocycles. The SMILES string of the molecule is COP(=O)([O-])C[n+]1ccc(-c2ncccn2)cn1. The zero-order valence-electron chi connectivity index (χ0n) is 9.63. The summed E-state index contributed by atoms with van der Waals surface area (Å²) in [6.07, 6.45) is 5.99. The summed E-state index contributed by atoms with van der Waals surface area (Å²) in [7, 11) is -2.74. The van der Waals surface area contributed by atoms with E-state index in [4.69, 9.17) is 0 Å². The number of hydrogen-bond donors (Lipinski definition) is 0. The molecule has 1 unspecified atom stereocenters. The van der Waals surface area contributed by atoms with E-state index in [1.807, 2.05) is 0 Å². The summed E-state index contributed by atoms with van der Waals surface area (Å²) in [5.41, 5.74) is 0.713. The molecule has 0 spiro atoms. The van der Waals surface area contributed by atoms with E-state index in [1.165, 1.54) is 17.1 Å². The molecule has 0 amide bonds. The van der Waals surface area contributed by atoms with E-state index >= 15 is 0 Å². The maximum Gasteiger partial charge on any atom is 0.236 e. The van der Waals surface area contributed by atoms with Crippen LogP contribution in [-0.2, 0) is 15.4 Å². The third-order valence-corrected chi connectivity index (χ3v) is 3.38. The van der Waals surface area contributed by atoms with E-state index in [1.54, 1.807) is 24.5 Å². The first kappa shape index (κ1) is 12.8. The molecule has 1 atom stereocenters. The van der Waals surface area contributed by atoms with E-state index in [9.17, 15) is 9.46 Å². The molecule has 2 aromatic heterocycles. The van der Waals surface area contributed by atoms with Crippen LogP contribution in [0.4, 0.5) is 0 Å². The van der Waals surface area contributed by atoms with Gasteiger partial charge in [0.1, 0.15) is 6.20 Å². The van der Waals surface area contributed by atoms with Crippen LogP contribution >= 0.6 is 7.60 Å². The number of hydrogen-bond acceptors (Lipinski definition) is 6. The van der Waals surface area contributed by atoms with Crippen LogP contribution < -0.4 is 9.58 Å². The third-order valence-electron chi connectivity index (χ3n) is 2.19. The van der Waals surface area contributed by atoms with Gasteiger partial charge in [0.2, 0.25) is 13.9 Å². The molecule has 0 aliphatic rings. The Bertz CT molecular complexity index is 561. The minimum Gasteiger partial charge on any atom is -0.774 e. The number of aromatic nitrogens is 4. The van der Waals surface area contributed by atoms with Crippen molar-refractivity contribution in [2.75, 3.05) is 7.11 Å². The third kappa shape index (κ3) is 3.16. The van der Waals surface area contributed by atoms with Gasteiger partial charge >= 0.3 is 0 Å². The van der Waals surface area contributed by atoms with E-state index in [-0.39, 0.29) is 6.29 Å². The molecule has 0 bridgehead atoms. The lowest BCUT2D eigenvalue weighted by atomic mass is 10.3. The average Bonchev–Trinajstić information content (AvgIpc) is 2.40. The van der Waals surface area contributed by atoms with Crippen molar-refractivity contribution in [3.8, 4) is 11.4 Å². The van der Waals surface area contributed by atoms with Gasteiger partial charge in [-0.1, -0.05) is 4.68 Å². The average molecular weight is 266 g/mol. The van der Waals surface area contributed by atoms with Crippen LogP contribution in [0.1, 0.15) is 0 Å². The quantitative estimate of drug-likeness (QED) is 0.570. The molecule has 18 heavy (non-hydrogen) atoms. The number of nitrogens with zero attached hydrogens (tertiary/aromatic N) is 4. The molecule has 2 rings (SSSR count). The van der Waals surface area contributed by atoms with E-state index in [0.717, 1.165) is 7.11 Å². The zero-order valence-corrected chi connectivity index (χ0v) is 10.5. The Morgan fingerprint density at radius 1 is 1.44 bits per heavy atom. The second-order valence-corrected chi connectivity index (χ2v) is 5.33. The molecule has 7 nitrogen and oxygen atoms in total. The van der Waals surface area contributed by atoms with Crippen molar-refractivity contribution in [1.29, 1.82) is 0 Å². The molecule has 8 heteroatoms. The second kappa shape index (κ2) is 5.30. The molecule has 0 saturated heterocycles. The van der Waals surface area contributed by atoms with Crippen LogP contribution in [-0.4, -0.2) is 22.2 Å². The highest BCUT2D eigenvalue weighted by Crippen LogP contribution is 2.34. The van der Waals surface area contributed by atoms with Crippen molar-refractivity contribution in [3.05, 3.63) is 36.9 Å². The van der Waals surface area contributed by atoms with Crippen molar-refractivity contribution in [3.63, 3.8) is 0 Å². The Hall–Kier alpha value is -1.69. The summed E-state index contributed by atoms with van der Waals surface area (Å²) < 4.78 is 16.9. The van der Waals surface area contributed by atoms with Crippen LogP contribution in [0.25, 0.3) is 11.4 Å². The molecular formula is C10H11N4O3P. The Labute approximate surface area is 104 Å². The van der Waals surface area contributed by atoms with Crippen molar-refractivity contribution in [2.45, 2.75) is 6.29 Å². The fraction of sp³-hybridized carbons (Fsp3) is 0.200. The highest BCUT2D eigenvalue weighted by molar-refractivity contribution is 7.49. The topological polar surface area (TPSA) is 91.9 Å². The van der Waals surface area contributed by atoms with Gasteiger partial charge in [-0.15, -0.1) is 0 Å². The molecule has 0 saturated carbocycles. The Kier molecular flexibility index (Phi) is 3.76. The lowest BCUT2D eigenvalue weighted by Gasteiger charge is -2.15. The van der Waals surface area contributed by atoms with E-state index in [2.05, 4.69) is 19.6 Å². The zero-order chi connectivity index (χ0) is 13.0. The summed E-state index contributed by atoms with van der Waals surface area (Å²) in [4.78, 5) is 19.4. The largest absolute Gasteiger partial charge is 0.774 e. The van der Waals surface area contributed by atoms with Crippen LogP contribution in [0.5, 0.6) is 0 Å². The molecule has 2 aromatic rings. The lowest BCUT2D eigenvalue weighted by Crippen LogP contribution is -2.39. The van der Waals surface area contributed by atoms with Crippen molar-refractivity contribution in [1.82, 2.24) is 15.1 Å². The minimum absolute atomic E-state index is 0.306. The summed E-state index contributed by atoms with van der Waals surface area (Å²) >= 11 is 0. The Morgan fingerprint density at radius 2 is 2.17 bits per heavy atom. The fourth-order valence-electron chi connectivity index (χ4n) is 1.28. The summed E-state index contributed by atoms with van der Waals surface area (Å²) in [5, 5.41) is 3.97. The molecule has 94 valence electrons. The highest BCUT2D eigenvalue weighted by atomic mass is 31.2. The maximum atomic E-state index is 11.2. The van der Waals surface area contributed by atoms with E-state index in [0.29, 0.717) is 11.4 Å². The minimum atomic E-state index is -3.86. The second-order valence-electron chi connectivity index (χ2n) is 3.46. The van der Waals surface area contributed by atoms with Gasteiger partial charge in [-0.05, 0) is 11.2 Å². The molecule has 0 aliphatic heterocycles. The molecule has 0 aromatic carbocycles. The van der Waals surface area contributed by atoms with Gasteiger partial charge in [0.25, 0.3) is 0 Å². The van der Waals surface area contributed by atoms with Crippen LogP contribution in [0, 0.1) is 0 Å². The first-order chi connectivity index (χ1) is 8.61. The van der Waals surface area contributed by atoms with Crippen LogP contribution in [0.3, 0.4) is 0 Å². The summed E-state index contributed by atoms with van der Waals surface area (Å²) in [6, 6.07) is 3.41. The van der Waals surface area contributed by atoms with Gasteiger partial charge in [0, 0.05) is 31.1 Å². The monoisotopic (exact) mass is 266 g/mol. The first-order valence-corrected chi connectivity index (χ1v) is 6.82. The fourth-order valence-corrected chi connectivity index (χ4v) is 1.92. The van der Waals surface area contributed by atoms with Gasteiger partial charge in [-0.2, -0.15) is 0 Å². The molecular weight excluding hydrogens is 255 g/mol. The number of rotatable bonds is 4. The Morgan fingerprint density at radius 3 is 2.72 bits per heavy atom. The maximum absolute atomic E-state index is 11.2. The van der Waals surface area contributed by atoms with Gasteiger partial charge in [-0.3, -0.25) is 0 Å². The van der Waals surface area contributed by atoms with Gasteiger partial charge in [-0.25, -0.2) is 9.97 Å². The van der Waals surface area contributed by atoms with Crippen molar-refractivity contribution < 1.29 is 18.7 Å².